The molecule has 0 unspecified atom stereocenters. The zero-order valence-electron chi connectivity index (χ0n) is 12.2. The standard InChI is InChI=1S/C14H18N2O5/c1-17-12-5-10(6-13(18-2)14(12)19-3)20-8-11-4-9(7-15)16-21-11/h4-6H,7-8,15H2,1-3H3. The maximum absolute atomic E-state index is 5.64. The van der Waals surface area contributed by atoms with Gasteiger partial charge in [-0.15, -0.1) is 0 Å². The van der Waals surface area contributed by atoms with E-state index < -0.39 is 0 Å². The van der Waals surface area contributed by atoms with Gasteiger partial charge in [0.1, 0.15) is 12.4 Å². The van der Waals surface area contributed by atoms with E-state index in [1.807, 2.05) is 0 Å². The minimum absolute atomic E-state index is 0.228. The predicted molar refractivity (Wildman–Crippen MR) is 74.8 cm³/mol. The number of hydrogen-bond donors (Lipinski definition) is 1. The third-order valence-corrected chi connectivity index (χ3v) is 2.84. The SMILES string of the molecule is COc1cc(OCc2cc(CN)no2)cc(OC)c1OC. The molecule has 0 atom stereocenters. The molecule has 7 heteroatoms. The van der Waals surface area contributed by atoms with Crippen molar-refractivity contribution in [3.8, 4) is 23.0 Å². The van der Waals surface area contributed by atoms with Crippen LogP contribution in [0.2, 0.25) is 0 Å². The average molecular weight is 294 g/mol. The lowest BCUT2D eigenvalue weighted by Crippen LogP contribution is -1.99. The number of rotatable bonds is 7. The molecular weight excluding hydrogens is 276 g/mol. The summed E-state index contributed by atoms with van der Waals surface area (Å²) in [5.74, 6) is 2.70. The van der Waals surface area contributed by atoms with Crippen molar-refractivity contribution in [2.45, 2.75) is 13.2 Å². The minimum atomic E-state index is 0.228. The fourth-order valence-electron chi connectivity index (χ4n) is 1.81. The summed E-state index contributed by atoms with van der Waals surface area (Å²) in [5.41, 5.74) is 6.15. The highest BCUT2D eigenvalue weighted by Gasteiger charge is 2.14. The molecule has 114 valence electrons. The lowest BCUT2D eigenvalue weighted by atomic mass is 10.2. The molecule has 1 aromatic carbocycles. The largest absolute Gasteiger partial charge is 0.493 e. The number of benzene rings is 1. The Morgan fingerprint density at radius 2 is 1.71 bits per heavy atom. The van der Waals surface area contributed by atoms with E-state index in [1.54, 1.807) is 39.5 Å². The first kappa shape index (κ1) is 15.0. The van der Waals surface area contributed by atoms with Crippen LogP contribution in [-0.4, -0.2) is 26.5 Å². The molecule has 0 fully saturated rings. The summed E-state index contributed by atoms with van der Waals surface area (Å²) in [6.45, 7) is 0.555. The van der Waals surface area contributed by atoms with Crippen LogP contribution in [0, 0.1) is 0 Å². The molecule has 1 aromatic heterocycles. The fraction of sp³-hybridized carbons (Fsp3) is 0.357. The Labute approximate surface area is 122 Å². The van der Waals surface area contributed by atoms with E-state index >= 15 is 0 Å². The normalized spacial score (nSPS) is 10.3. The number of nitrogens with zero attached hydrogens (tertiary/aromatic N) is 1. The molecule has 0 aliphatic carbocycles. The molecule has 2 rings (SSSR count). The van der Waals surface area contributed by atoms with E-state index in [-0.39, 0.29) is 6.61 Å². The van der Waals surface area contributed by atoms with E-state index in [0.29, 0.717) is 41.0 Å². The highest BCUT2D eigenvalue weighted by Crippen LogP contribution is 2.40. The Morgan fingerprint density at radius 3 is 2.19 bits per heavy atom. The van der Waals surface area contributed by atoms with Gasteiger partial charge in [0.2, 0.25) is 5.75 Å². The van der Waals surface area contributed by atoms with Crippen LogP contribution in [0.1, 0.15) is 11.5 Å². The molecular formula is C14H18N2O5. The number of methoxy groups -OCH3 is 3. The molecule has 2 N–H and O–H groups in total. The van der Waals surface area contributed by atoms with Crippen LogP contribution in [-0.2, 0) is 13.2 Å². The molecule has 0 aliphatic rings. The first-order valence-corrected chi connectivity index (χ1v) is 6.29. The van der Waals surface area contributed by atoms with E-state index in [9.17, 15) is 0 Å². The van der Waals surface area contributed by atoms with Crippen LogP contribution in [0.15, 0.2) is 22.7 Å². The Morgan fingerprint density at radius 1 is 1.05 bits per heavy atom. The lowest BCUT2D eigenvalue weighted by Gasteiger charge is -2.14. The number of ether oxygens (including phenoxy) is 4. The van der Waals surface area contributed by atoms with Gasteiger partial charge in [0.15, 0.2) is 17.3 Å². The smallest absolute Gasteiger partial charge is 0.203 e. The number of aromatic nitrogens is 1. The molecule has 0 radical (unpaired) electrons. The van der Waals surface area contributed by atoms with Crippen LogP contribution in [0.5, 0.6) is 23.0 Å². The van der Waals surface area contributed by atoms with Gasteiger partial charge in [-0.2, -0.15) is 0 Å². The molecule has 0 saturated carbocycles. The van der Waals surface area contributed by atoms with Crippen molar-refractivity contribution in [2.75, 3.05) is 21.3 Å². The summed E-state index contributed by atoms with van der Waals surface area (Å²) >= 11 is 0. The Hall–Kier alpha value is -2.41. The van der Waals surface area contributed by atoms with Gasteiger partial charge in [0.25, 0.3) is 0 Å². The fourth-order valence-corrected chi connectivity index (χ4v) is 1.81. The summed E-state index contributed by atoms with van der Waals surface area (Å²) in [7, 11) is 4.64. The molecule has 21 heavy (non-hydrogen) atoms. The Kier molecular flexibility index (Phi) is 4.89. The van der Waals surface area contributed by atoms with Crippen molar-refractivity contribution in [1.29, 1.82) is 0 Å². The predicted octanol–water partition coefficient (Wildman–Crippen LogP) is 1.74. The van der Waals surface area contributed by atoms with Gasteiger partial charge >= 0.3 is 0 Å². The van der Waals surface area contributed by atoms with Gasteiger partial charge in [-0.3, -0.25) is 0 Å². The van der Waals surface area contributed by atoms with Gasteiger partial charge in [-0.25, -0.2) is 0 Å². The van der Waals surface area contributed by atoms with Crippen molar-refractivity contribution in [2.24, 2.45) is 5.73 Å². The minimum Gasteiger partial charge on any atom is -0.493 e. The van der Waals surface area contributed by atoms with Gasteiger partial charge in [0, 0.05) is 24.7 Å². The van der Waals surface area contributed by atoms with Crippen molar-refractivity contribution in [3.63, 3.8) is 0 Å². The van der Waals surface area contributed by atoms with Crippen LogP contribution in [0.25, 0.3) is 0 Å². The highest BCUT2D eigenvalue weighted by atomic mass is 16.5. The Bertz CT molecular complexity index is 572. The van der Waals surface area contributed by atoms with E-state index in [1.165, 1.54) is 0 Å². The third kappa shape index (κ3) is 3.38. The lowest BCUT2D eigenvalue weighted by molar-refractivity contribution is 0.245. The van der Waals surface area contributed by atoms with Crippen LogP contribution in [0.3, 0.4) is 0 Å². The summed E-state index contributed by atoms with van der Waals surface area (Å²) in [6.07, 6.45) is 0. The zero-order chi connectivity index (χ0) is 15.2. The summed E-state index contributed by atoms with van der Waals surface area (Å²) in [5, 5.41) is 3.79. The molecule has 2 aromatic rings. The van der Waals surface area contributed by atoms with Gasteiger partial charge in [-0.1, -0.05) is 5.16 Å². The second-order valence-corrected chi connectivity index (χ2v) is 4.14. The van der Waals surface area contributed by atoms with E-state index in [4.69, 9.17) is 29.2 Å². The summed E-state index contributed by atoms with van der Waals surface area (Å²) in [4.78, 5) is 0. The topological polar surface area (TPSA) is 89.0 Å². The first-order valence-electron chi connectivity index (χ1n) is 6.29. The molecule has 7 nitrogen and oxygen atoms in total. The van der Waals surface area contributed by atoms with Crippen LogP contribution < -0.4 is 24.7 Å². The average Bonchev–Trinajstić information content (AvgIpc) is 2.99. The van der Waals surface area contributed by atoms with E-state index in [0.717, 1.165) is 0 Å². The maximum atomic E-state index is 5.64. The molecule has 0 spiro atoms. The molecule has 0 bridgehead atoms. The molecule has 0 saturated heterocycles. The quantitative estimate of drug-likeness (QED) is 0.831. The Balaban J connectivity index is 2.15. The molecule has 0 aliphatic heterocycles. The highest BCUT2D eigenvalue weighted by molar-refractivity contribution is 5.55. The van der Waals surface area contributed by atoms with Gasteiger partial charge in [0.05, 0.1) is 27.0 Å². The third-order valence-electron chi connectivity index (χ3n) is 2.84. The van der Waals surface area contributed by atoms with Gasteiger partial charge in [-0.05, 0) is 0 Å². The first-order chi connectivity index (χ1) is 10.2. The maximum Gasteiger partial charge on any atom is 0.203 e. The van der Waals surface area contributed by atoms with Gasteiger partial charge < -0.3 is 29.2 Å². The monoisotopic (exact) mass is 294 g/mol. The second-order valence-electron chi connectivity index (χ2n) is 4.14. The van der Waals surface area contributed by atoms with Crippen molar-refractivity contribution < 1.29 is 23.5 Å². The molecule has 0 amide bonds. The summed E-state index contributed by atoms with van der Waals surface area (Å²) < 4.78 is 26.5. The van der Waals surface area contributed by atoms with E-state index in [2.05, 4.69) is 5.16 Å². The number of nitrogens with two attached hydrogens (primary N) is 1. The van der Waals surface area contributed by atoms with Crippen molar-refractivity contribution >= 4 is 0 Å². The molecule has 1 heterocycles. The number of hydrogen-bond acceptors (Lipinski definition) is 7. The summed E-state index contributed by atoms with van der Waals surface area (Å²) in [6, 6.07) is 5.17. The second kappa shape index (κ2) is 6.85. The van der Waals surface area contributed by atoms with Crippen LogP contribution in [0.4, 0.5) is 0 Å². The zero-order valence-corrected chi connectivity index (χ0v) is 12.2. The van der Waals surface area contributed by atoms with Crippen molar-refractivity contribution in [1.82, 2.24) is 5.16 Å². The van der Waals surface area contributed by atoms with Crippen LogP contribution >= 0.6 is 0 Å². The van der Waals surface area contributed by atoms with Crippen molar-refractivity contribution in [3.05, 3.63) is 29.7 Å².